The monoisotopic (exact) mass is 206 g/mol. The Labute approximate surface area is 83.3 Å². The lowest BCUT2D eigenvalue weighted by Crippen LogP contribution is -1.82. The molecule has 0 unspecified atom stereocenters. The first kappa shape index (κ1) is 11.6. The predicted octanol–water partition coefficient (Wildman–Crippen LogP) is 4.03. The van der Waals surface area contributed by atoms with Gasteiger partial charge < -0.3 is 4.74 Å². The summed E-state index contributed by atoms with van der Waals surface area (Å²) in [6, 6.07) is 5.10. The molecule has 0 aromatic heterocycles. The third-order valence-electron chi connectivity index (χ3n) is 1.11. The maximum absolute atomic E-state index is 5.72. The topological polar surface area (TPSA) is 9.23 Å². The fraction of sp³-hybridized carbons (Fsp3) is 0.333. The van der Waals surface area contributed by atoms with E-state index in [1.54, 1.807) is 25.3 Å². The van der Waals surface area contributed by atoms with Gasteiger partial charge in [0.15, 0.2) is 0 Å². The average Bonchev–Trinajstić information content (AvgIpc) is 2.08. The normalized spacial score (nSPS) is 8.42. The molecule has 68 valence electrons. The van der Waals surface area contributed by atoms with Gasteiger partial charge in [-0.05, 0) is 18.2 Å². The molecule has 0 saturated heterocycles. The quantitative estimate of drug-likeness (QED) is 0.675. The molecule has 0 amide bonds. The Kier molecular flexibility index (Phi) is 5.95. The Morgan fingerprint density at radius 1 is 1.17 bits per heavy atom. The maximum Gasteiger partial charge on any atom is 0.137 e. The Hall–Kier alpha value is -0.400. The molecule has 0 N–H and O–H groups in total. The molecule has 1 aromatic rings. The van der Waals surface area contributed by atoms with Crippen molar-refractivity contribution in [3.05, 3.63) is 28.2 Å². The molecule has 0 aliphatic heterocycles. The summed E-state index contributed by atoms with van der Waals surface area (Å²) in [6.45, 7) is 4.00. The van der Waals surface area contributed by atoms with Crippen LogP contribution in [0.4, 0.5) is 0 Å². The molecule has 0 heterocycles. The number of rotatable bonds is 1. The summed E-state index contributed by atoms with van der Waals surface area (Å²) in [5.74, 6) is 0.645. The first-order valence-electron chi connectivity index (χ1n) is 3.73. The van der Waals surface area contributed by atoms with Crippen molar-refractivity contribution in [3.8, 4) is 5.75 Å². The van der Waals surface area contributed by atoms with Crippen LogP contribution in [0.15, 0.2) is 18.2 Å². The van der Waals surface area contributed by atoms with E-state index >= 15 is 0 Å². The van der Waals surface area contributed by atoms with Gasteiger partial charge in [0.25, 0.3) is 0 Å². The van der Waals surface area contributed by atoms with Gasteiger partial charge in [0.2, 0.25) is 0 Å². The van der Waals surface area contributed by atoms with Crippen molar-refractivity contribution in [2.45, 2.75) is 13.8 Å². The van der Waals surface area contributed by atoms with Gasteiger partial charge in [0.1, 0.15) is 5.75 Å². The Balaban J connectivity index is 0.000000561. The molecular weight excluding hydrogens is 195 g/mol. The molecule has 1 rings (SSSR count). The van der Waals surface area contributed by atoms with Crippen LogP contribution in [0.3, 0.4) is 0 Å². The Morgan fingerprint density at radius 3 is 2.17 bits per heavy atom. The van der Waals surface area contributed by atoms with Crippen molar-refractivity contribution < 1.29 is 4.74 Å². The zero-order valence-electron chi connectivity index (χ0n) is 7.40. The van der Waals surface area contributed by atoms with Crippen molar-refractivity contribution in [3.63, 3.8) is 0 Å². The highest BCUT2D eigenvalue weighted by Crippen LogP contribution is 2.26. The standard InChI is InChI=1S/C7H6Cl2O.C2H6/c1-10-7-3-2-5(8)4-6(7)9;1-2/h2-4H,1H3;1-2H3. The lowest BCUT2D eigenvalue weighted by Gasteiger charge is -2.00. The second-order valence-electron chi connectivity index (χ2n) is 1.78. The summed E-state index contributed by atoms with van der Waals surface area (Å²) in [5, 5.41) is 1.15. The van der Waals surface area contributed by atoms with Crippen LogP contribution in [0.25, 0.3) is 0 Å². The molecule has 0 spiro atoms. The fourth-order valence-electron chi connectivity index (χ4n) is 0.641. The highest BCUT2D eigenvalue weighted by Gasteiger charge is 1.98. The van der Waals surface area contributed by atoms with Gasteiger partial charge in [-0.3, -0.25) is 0 Å². The number of halogens is 2. The highest BCUT2D eigenvalue weighted by atomic mass is 35.5. The minimum Gasteiger partial charge on any atom is -0.495 e. The van der Waals surface area contributed by atoms with Gasteiger partial charge in [-0.25, -0.2) is 0 Å². The summed E-state index contributed by atoms with van der Waals surface area (Å²) in [7, 11) is 1.56. The minimum atomic E-state index is 0.537. The lowest BCUT2D eigenvalue weighted by molar-refractivity contribution is 0.415. The molecule has 1 nitrogen and oxygen atoms in total. The Bertz CT molecular complexity index is 236. The van der Waals surface area contributed by atoms with Crippen LogP contribution >= 0.6 is 23.2 Å². The summed E-state index contributed by atoms with van der Waals surface area (Å²) >= 11 is 11.4. The smallest absolute Gasteiger partial charge is 0.137 e. The SMILES string of the molecule is CC.COc1ccc(Cl)cc1Cl. The van der Waals surface area contributed by atoms with Crippen molar-refractivity contribution in [1.29, 1.82) is 0 Å². The van der Waals surface area contributed by atoms with Gasteiger partial charge in [-0.15, -0.1) is 0 Å². The zero-order valence-corrected chi connectivity index (χ0v) is 8.91. The van der Waals surface area contributed by atoms with Gasteiger partial charge in [-0.1, -0.05) is 37.0 Å². The highest BCUT2D eigenvalue weighted by molar-refractivity contribution is 6.35. The van der Waals surface area contributed by atoms with Crippen LogP contribution in [0.2, 0.25) is 10.0 Å². The van der Waals surface area contributed by atoms with Crippen LogP contribution < -0.4 is 4.74 Å². The van der Waals surface area contributed by atoms with Crippen LogP contribution in [0.5, 0.6) is 5.75 Å². The van der Waals surface area contributed by atoms with Gasteiger partial charge >= 0.3 is 0 Å². The molecule has 0 aliphatic carbocycles. The molecule has 0 atom stereocenters. The van der Waals surface area contributed by atoms with Crippen LogP contribution in [-0.2, 0) is 0 Å². The van der Waals surface area contributed by atoms with E-state index in [4.69, 9.17) is 27.9 Å². The number of benzene rings is 1. The molecule has 0 bridgehead atoms. The van der Waals surface area contributed by atoms with E-state index in [1.807, 2.05) is 13.8 Å². The fourth-order valence-corrected chi connectivity index (χ4v) is 1.13. The average molecular weight is 207 g/mol. The van der Waals surface area contributed by atoms with E-state index in [0.29, 0.717) is 15.8 Å². The molecule has 0 fully saturated rings. The van der Waals surface area contributed by atoms with E-state index in [2.05, 4.69) is 0 Å². The van der Waals surface area contributed by atoms with Crippen LogP contribution in [0.1, 0.15) is 13.8 Å². The van der Waals surface area contributed by atoms with Crippen LogP contribution in [0, 0.1) is 0 Å². The van der Waals surface area contributed by atoms with Crippen molar-refractivity contribution in [2.75, 3.05) is 7.11 Å². The molecule has 12 heavy (non-hydrogen) atoms. The molecular formula is C9H12Cl2O. The summed E-state index contributed by atoms with van der Waals surface area (Å²) in [5.41, 5.74) is 0. The largest absolute Gasteiger partial charge is 0.495 e. The molecule has 3 heteroatoms. The first-order chi connectivity index (χ1) is 5.74. The van der Waals surface area contributed by atoms with E-state index in [1.165, 1.54) is 0 Å². The molecule has 0 radical (unpaired) electrons. The predicted molar refractivity (Wildman–Crippen MR) is 54.4 cm³/mol. The van der Waals surface area contributed by atoms with E-state index in [0.717, 1.165) is 0 Å². The van der Waals surface area contributed by atoms with Crippen molar-refractivity contribution in [2.24, 2.45) is 0 Å². The van der Waals surface area contributed by atoms with Gasteiger partial charge in [-0.2, -0.15) is 0 Å². The Morgan fingerprint density at radius 2 is 1.75 bits per heavy atom. The lowest BCUT2D eigenvalue weighted by atomic mass is 10.3. The maximum atomic E-state index is 5.72. The summed E-state index contributed by atoms with van der Waals surface area (Å²) < 4.78 is 4.91. The number of hydrogen-bond donors (Lipinski definition) is 0. The van der Waals surface area contributed by atoms with Crippen LogP contribution in [-0.4, -0.2) is 7.11 Å². The van der Waals surface area contributed by atoms with E-state index < -0.39 is 0 Å². The first-order valence-corrected chi connectivity index (χ1v) is 4.48. The number of hydrogen-bond acceptors (Lipinski definition) is 1. The van der Waals surface area contributed by atoms with E-state index in [-0.39, 0.29) is 0 Å². The molecule has 1 aromatic carbocycles. The molecule has 0 saturated carbocycles. The number of methoxy groups -OCH3 is 1. The van der Waals surface area contributed by atoms with Crippen molar-refractivity contribution >= 4 is 23.2 Å². The zero-order chi connectivity index (χ0) is 9.56. The van der Waals surface area contributed by atoms with Crippen molar-refractivity contribution in [1.82, 2.24) is 0 Å². The van der Waals surface area contributed by atoms with Gasteiger partial charge in [0, 0.05) is 5.02 Å². The third kappa shape index (κ3) is 3.33. The second-order valence-corrected chi connectivity index (χ2v) is 2.62. The second kappa shape index (κ2) is 6.15. The number of ether oxygens (including phenoxy) is 1. The minimum absolute atomic E-state index is 0.537. The van der Waals surface area contributed by atoms with E-state index in [9.17, 15) is 0 Å². The third-order valence-corrected chi connectivity index (χ3v) is 1.64. The molecule has 0 aliphatic rings. The summed E-state index contributed by atoms with van der Waals surface area (Å²) in [4.78, 5) is 0. The summed E-state index contributed by atoms with van der Waals surface area (Å²) in [6.07, 6.45) is 0. The van der Waals surface area contributed by atoms with Gasteiger partial charge in [0.05, 0.1) is 12.1 Å².